The molecule has 0 rings (SSSR count). The second kappa shape index (κ2) is 4.95. The van der Waals surface area contributed by atoms with Gasteiger partial charge in [-0.25, -0.2) is 0 Å². The van der Waals surface area contributed by atoms with E-state index < -0.39 is 0 Å². The third kappa shape index (κ3) is 4.95. The summed E-state index contributed by atoms with van der Waals surface area (Å²) in [6, 6.07) is 0. The van der Waals surface area contributed by atoms with Gasteiger partial charge in [0, 0.05) is 6.08 Å². The molecular formula is C5H6O2. The summed E-state index contributed by atoms with van der Waals surface area (Å²) in [5.41, 5.74) is 0. The van der Waals surface area contributed by atoms with Crippen LogP contribution in [0.2, 0.25) is 0 Å². The van der Waals surface area contributed by atoms with Crippen molar-refractivity contribution in [3.63, 3.8) is 0 Å². The summed E-state index contributed by atoms with van der Waals surface area (Å²) in [6.07, 6.45) is 4.35. The van der Waals surface area contributed by atoms with Crippen LogP contribution in [-0.4, -0.2) is 6.29 Å². The number of hydrogen-bond donors (Lipinski definition) is 0. The average molecular weight is 98.1 g/mol. The van der Waals surface area contributed by atoms with Gasteiger partial charge in [-0.2, -0.15) is 0 Å². The van der Waals surface area contributed by atoms with Crippen LogP contribution in [0.15, 0.2) is 25.2 Å². The van der Waals surface area contributed by atoms with E-state index in [4.69, 9.17) is 0 Å². The maximum atomic E-state index is 9.48. The first-order chi connectivity index (χ1) is 3.41. The molecule has 0 aliphatic rings. The van der Waals surface area contributed by atoms with E-state index in [9.17, 15) is 4.79 Å². The fraction of sp³-hybridized carbons (Fsp3) is 0. The quantitative estimate of drug-likeness (QED) is 0.297. The molecule has 0 saturated carbocycles. The van der Waals surface area contributed by atoms with E-state index in [0.29, 0.717) is 6.29 Å². The van der Waals surface area contributed by atoms with Crippen LogP contribution in [0.1, 0.15) is 0 Å². The first-order valence-electron chi connectivity index (χ1n) is 1.78. The number of ether oxygens (including phenoxy) is 1. The molecule has 2 nitrogen and oxygen atoms in total. The molecule has 0 atom stereocenters. The molecule has 0 radical (unpaired) electrons. The van der Waals surface area contributed by atoms with E-state index in [0.717, 1.165) is 0 Å². The van der Waals surface area contributed by atoms with Gasteiger partial charge in [-0.1, -0.05) is 6.58 Å². The number of rotatable bonds is 3. The zero-order valence-corrected chi connectivity index (χ0v) is 3.83. The minimum atomic E-state index is 0.628. The van der Waals surface area contributed by atoms with Gasteiger partial charge < -0.3 is 4.74 Å². The predicted molar refractivity (Wildman–Crippen MR) is 26.5 cm³/mol. The van der Waals surface area contributed by atoms with Crippen molar-refractivity contribution in [2.24, 2.45) is 0 Å². The maximum Gasteiger partial charge on any atom is 0.145 e. The standard InChI is InChI=1S/C5H6O2/c1-2-7-5-3-4-6/h2-5H,1H2/b5-3+. The highest BCUT2D eigenvalue weighted by molar-refractivity contribution is 5.64. The Balaban J connectivity index is 3.08. The van der Waals surface area contributed by atoms with E-state index in [1.165, 1.54) is 18.6 Å². The molecule has 0 N–H and O–H groups in total. The summed E-state index contributed by atoms with van der Waals surface area (Å²) in [4.78, 5) is 9.48. The minimum absolute atomic E-state index is 0.628. The number of aldehydes is 1. The van der Waals surface area contributed by atoms with E-state index >= 15 is 0 Å². The minimum Gasteiger partial charge on any atom is -0.473 e. The summed E-state index contributed by atoms with van der Waals surface area (Å²) < 4.78 is 4.43. The molecule has 7 heavy (non-hydrogen) atoms. The summed E-state index contributed by atoms with van der Waals surface area (Å²) in [5.74, 6) is 0. The molecule has 0 fully saturated rings. The van der Waals surface area contributed by atoms with Gasteiger partial charge in [0.05, 0.1) is 12.5 Å². The van der Waals surface area contributed by atoms with Crippen LogP contribution in [0, 0.1) is 0 Å². The molecule has 0 aromatic carbocycles. The predicted octanol–water partition coefficient (Wildman–Crippen LogP) is 0.859. The van der Waals surface area contributed by atoms with Crippen LogP contribution < -0.4 is 0 Å². The summed E-state index contributed by atoms with van der Waals surface area (Å²) in [5, 5.41) is 0. The number of carbonyl (C=O) groups excluding carboxylic acids is 1. The van der Waals surface area contributed by atoms with Gasteiger partial charge in [0.25, 0.3) is 0 Å². The van der Waals surface area contributed by atoms with Gasteiger partial charge in [-0.15, -0.1) is 0 Å². The largest absolute Gasteiger partial charge is 0.473 e. The van der Waals surface area contributed by atoms with Gasteiger partial charge in [0.15, 0.2) is 0 Å². The number of allylic oxidation sites excluding steroid dienone is 1. The molecule has 0 aliphatic heterocycles. The maximum absolute atomic E-state index is 9.48. The summed E-state index contributed by atoms with van der Waals surface area (Å²) in [7, 11) is 0. The van der Waals surface area contributed by atoms with Crippen LogP contribution in [0.25, 0.3) is 0 Å². The van der Waals surface area contributed by atoms with Crippen molar-refractivity contribution in [3.05, 3.63) is 25.2 Å². The van der Waals surface area contributed by atoms with Crippen LogP contribution >= 0.6 is 0 Å². The smallest absolute Gasteiger partial charge is 0.145 e. The molecule has 0 unspecified atom stereocenters. The Hall–Kier alpha value is -1.05. The first kappa shape index (κ1) is 5.95. The summed E-state index contributed by atoms with van der Waals surface area (Å²) in [6.45, 7) is 3.24. The van der Waals surface area contributed by atoms with E-state index in [1.807, 2.05) is 0 Å². The Kier molecular flexibility index (Phi) is 4.21. The van der Waals surface area contributed by atoms with E-state index in [-0.39, 0.29) is 0 Å². The number of hydrogen-bond acceptors (Lipinski definition) is 2. The molecule has 0 spiro atoms. The Morgan fingerprint density at radius 2 is 2.29 bits per heavy atom. The van der Waals surface area contributed by atoms with Gasteiger partial charge in [-0.05, 0) is 0 Å². The lowest BCUT2D eigenvalue weighted by atomic mass is 10.7. The molecule has 0 heterocycles. The Morgan fingerprint density at radius 3 is 2.71 bits per heavy atom. The van der Waals surface area contributed by atoms with Crippen molar-refractivity contribution in [2.75, 3.05) is 0 Å². The molecule has 2 heteroatoms. The van der Waals surface area contributed by atoms with Crippen molar-refractivity contribution in [1.29, 1.82) is 0 Å². The SMILES string of the molecule is C=CO/C=C/C=O. The molecule has 0 saturated heterocycles. The second-order valence-electron chi connectivity index (χ2n) is 0.767. The average Bonchev–Trinajstić information content (AvgIpc) is 1.69. The lowest BCUT2D eigenvalue weighted by molar-refractivity contribution is -0.104. The molecule has 38 valence electrons. The van der Waals surface area contributed by atoms with Crippen molar-refractivity contribution in [2.45, 2.75) is 0 Å². The van der Waals surface area contributed by atoms with Gasteiger partial charge in [-0.3, -0.25) is 4.79 Å². The van der Waals surface area contributed by atoms with Crippen molar-refractivity contribution >= 4 is 6.29 Å². The van der Waals surface area contributed by atoms with Crippen molar-refractivity contribution < 1.29 is 9.53 Å². The fourth-order valence-corrected chi connectivity index (χ4v) is 0.133. The molecular weight excluding hydrogens is 92.1 g/mol. The van der Waals surface area contributed by atoms with Crippen molar-refractivity contribution in [1.82, 2.24) is 0 Å². The zero-order chi connectivity index (χ0) is 5.54. The molecule has 0 aromatic rings. The van der Waals surface area contributed by atoms with Gasteiger partial charge in [0.1, 0.15) is 6.29 Å². The van der Waals surface area contributed by atoms with Crippen LogP contribution in [0.5, 0.6) is 0 Å². The Bertz CT molecular complexity index is 84.1. The second-order valence-corrected chi connectivity index (χ2v) is 0.767. The third-order valence-corrected chi connectivity index (χ3v) is 0.332. The van der Waals surface area contributed by atoms with Crippen molar-refractivity contribution in [3.8, 4) is 0 Å². The van der Waals surface area contributed by atoms with Crippen LogP contribution in [0.3, 0.4) is 0 Å². The molecule has 0 aliphatic carbocycles. The molecule has 0 aromatic heterocycles. The van der Waals surface area contributed by atoms with Gasteiger partial charge in [0.2, 0.25) is 0 Å². The topological polar surface area (TPSA) is 26.3 Å². The van der Waals surface area contributed by atoms with E-state index in [2.05, 4.69) is 11.3 Å². The molecule has 0 bridgehead atoms. The van der Waals surface area contributed by atoms with Gasteiger partial charge >= 0.3 is 0 Å². The zero-order valence-electron chi connectivity index (χ0n) is 3.83. The Morgan fingerprint density at radius 1 is 1.57 bits per heavy atom. The third-order valence-electron chi connectivity index (χ3n) is 0.332. The highest BCUT2D eigenvalue weighted by atomic mass is 16.5. The normalized spacial score (nSPS) is 8.57. The fourth-order valence-electron chi connectivity index (χ4n) is 0.133. The lowest BCUT2D eigenvalue weighted by Gasteiger charge is -1.79. The number of carbonyl (C=O) groups is 1. The first-order valence-corrected chi connectivity index (χ1v) is 1.78. The highest BCUT2D eigenvalue weighted by Crippen LogP contribution is 1.71. The van der Waals surface area contributed by atoms with E-state index in [1.54, 1.807) is 0 Å². The molecule has 0 amide bonds. The van der Waals surface area contributed by atoms with Crippen LogP contribution in [-0.2, 0) is 9.53 Å². The Labute approximate surface area is 42.1 Å². The monoisotopic (exact) mass is 98.0 g/mol. The van der Waals surface area contributed by atoms with Crippen LogP contribution in [0.4, 0.5) is 0 Å². The highest BCUT2D eigenvalue weighted by Gasteiger charge is 1.59. The summed E-state index contributed by atoms with van der Waals surface area (Å²) >= 11 is 0. The lowest BCUT2D eigenvalue weighted by Crippen LogP contribution is -1.62.